The fourth-order valence-electron chi connectivity index (χ4n) is 1.36. The molecule has 0 bridgehead atoms. The number of aryl methyl sites for hydroxylation is 1. The molecule has 0 radical (unpaired) electrons. The SMILES string of the molecule is COC(=O)Cc1nc(-c2cccs2)c(C)s1. The van der Waals surface area contributed by atoms with Crippen LogP contribution >= 0.6 is 22.7 Å². The molecule has 5 heteroatoms. The van der Waals surface area contributed by atoms with Gasteiger partial charge in [-0.3, -0.25) is 4.79 Å². The van der Waals surface area contributed by atoms with Crippen molar-refractivity contribution in [2.45, 2.75) is 13.3 Å². The monoisotopic (exact) mass is 253 g/mol. The van der Waals surface area contributed by atoms with Crippen LogP contribution < -0.4 is 0 Å². The molecule has 0 amide bonds. The Kier molecular flexibility index (Phi) is 3.36. The molecule has 0 saturated heterocycles. The first-order chi connectivity index (χ1) is 7.70. The minimum atomic E-state index is -0.244. The normalized spacial score (nSPS) is 10.4. The van der Waals surface area contributed by atoms with Crippen LogP contribution in [-0.4, -0.2) is 18.1 Å². The molecule has 0 saturated carbocycles. The minimum Gasteiger partial charge on any atom is -0.469 e. The molecule has 16 heavy (non-hydrogen) atoms. The summed E-state index contributed by atoms with van der Waals surface area (Å²) in [7, 11) is 1.39. The number of thiophene rings is 1. The van der Waals surface area contributed by atoms with Gasteiger partial charge in [-0.2, -0.15) is 0 Å². The first-order valence-electron chi connectivity index (χ1n) is 4.77. The average molecular weight is 253 g/mol. The Morgan fingerprint density at radius 2 is 2.38 bits per heavy atom. The van der Waals surface area contributed by atoms with Crippen LogP contribution in [0, 0.1) is 6.92 Å². The molecule has 0 atom stereocenters. The molecule has 2 heterocycles. The van der Waals surface area contributed by atoms with Crippen LogP contribution in [0.3, 0.4) is 0 Å². The Bertz CT molecular complexity index is 488. The van der Waals surface area contributed by atoms with Crippen LogP contribution in [0.15, 0.2) is 17.5 Å². The number of thiazole rings is 1. The fraction of sp³-hybridized carbons (Fsp3) is 0.273. The number of carbonyl (C=O) groups excluding carboxylic acids is 1. The third-order valence-electron chi connectivity index (χ3n) is 2.12. The topological polar surface area (TPSA) is 39.2 Å². The predicted octanol–water partition coefficient (Wildman–Crippen LogP) is 2.90. The van der Waals surface area contributed by atoms with Gasteiger partial charge in [0, 0.05) is 4.88 Å². The number of methoxy groups -OCH3 is 1. The Balaban J connectivity index is 2.26. The van der Waals surface area contributed by atoms with Gasteiger partial charge in [0.25, 0.3) is 0 Å². The van der Waals surface area contributed by atoms with Gasteiger partial charge in [0.15, 0.2) is 0 Å². The number of hydrogen-bond donors (Lipinski definition) is 0. The van der Waals surface area contributed by atoms with Gasteiger partial charge >= 0.3 is 5.97 Å². The zero-order valence-corrected chi connectivity index (χ0v) is 10.7. The Morgan fingerprint density at radius 1 is 1.56 bits per heavy atom. The van der Waals surface area contributed by atoms with Crippen molar-refractivity contribution >= 4 is 28.6 Å². The summed E-state index contributed by atoms with van der Waals surface area (Å²) in [6.07, 6.45) is 0.257. The van der Waals surface area contributed by atoms with Gasteiger partial charge in [-0.05, 0) is 18.4 Å². The van der Waals surface area contributed by atoms with Crippen LogP contribution in [-0.2, 0) is 16.0 Å². The Labute approximate surface area is 102 Å². The quantitative estimate of drug-likeness (QED) is 0.790. The summed E-state index contributed by atoms with van der Waals surface area (Å²) in [6.45, 7) is 2.02. The van der Waals surface area contributed by atoms with Gasteiger partial charge in [0.2, 0.25) is 0 Å². The van der Waals surface area contributed by atoms with Crippen molar-refractivity contribution < 1.29 is 9.53 Å². The van der Waals surface area contributed by atoms with Gasteiger partial charge in [-0.1, -0.05) is 6.07 Å². The number of aromatic nitrogens is 1. The molecule has 0 fully saturated rings. The first-order valence-corrected chi connectivity index (χ1v) is 6.47. The van der Waals surface area contributed by atoms with E-state index in [-0.39, 0.29) is 12.4 Å². The second-order valence-corrected chi connectivity index (χ2v) is 5.48. The lowest BCUT2D eigenvalue weighted by Crippen LogP contribution is -2.03. The third-order valence-corrected chi connectivity index (χ3v) is 3.97. The molecule has 2 aromatic rings. The average Bonchev–Trinajstić information content (AvgIpc) is 2.87. The van der Waals surface area contributed by atoms with E-state index in [4.69, 9.17) is 0 Å². The molecular weight excluding hydrogens is 242 g/mol. The van der Waals surface area contributed by atoms with Gasteiger partial charge in [0.05, 0.1) is 24.1 Å². The highest BCUT2D eigenvalue weighted by Gasteiger charge is 2.13. The zero-order valence-electron chi connectivity index (χ0n) is 9.02. The fourth-order valence-corrected chi connectivity index (χ4v) is 3.13. The van der Waals surface area contributed by atoms with Crippen LogP contribution in [0.2, 0.25) is 0 Å². The molecule has 2 aromatic heterocycles. The zero-order chi connectivity index (χ0) is 11.5. The van der Waals surface area contributed by atoms with Gasteiger partial charge in [0.1, 0.15) is 5.01 Å². The van der Waals surface area contributed by atoms with E-state index in [2.05, 4.69) is 9.72 Å². The van der Waals surface area contributed by atoms with Crippen LogP contribution in [0.4, 0.5) is 0 Å². The lowest BCUT2D eigenvalue weighted by atomic mass is 10.3. The number of rotatable bonds is 3. The lowest BCUT2D eigenvalue weighted by molar-refractivity contribution is -0.139. The lowest BCUT2D eigenvalue weighted by Gasteiger charge is -1.93. The van der Waals surface area contributed by atoms with E-state index in [1.807, 2.05) is 24.4 Å². The van der Waals surface area contributed by atoms with E-state index < -0.39 is 0 Å². The molecule has 0 aliphatic heterocycles. The van der Waals surface area contributed by atoms with Crippen molar-refractivity contribution in [1.82, 2.24) is 4.98 Å². The van der Waals surface area contributed by atoms with Crippen molar-refractivity contribution in [3.05, 3.63) is 27.4 Å². The Morgan fingerprint density at radius 3 is 3.00 bits per heavy atom. The van der Waals surface area contributed by atoms with Crippen molar-refractivity contribution in [2.75, 3.05) is 7.11 Å². The minimum absolute atomic E-state index is 0.244. The highest BCUT2D eigenvalue weighted by atomic mass is 32.1. The maximum absolute atomic E-state index is 11.1. The largest absolute Gasteiger partial charge is 0.469 e. The van der Waals surface area contributed by atoms with E-state index in [1.165, 1.54) is 7.11 Å². The number of hydrogen-bond acceptors (Lipinski definition) is 5. The molecule has 84 valence electrons. The molecule has 0 aliphatic rings. The maximum Gasteiger partial charge on any atom is 0.312 e. The second-order valence-electron chi connectivity index (χ2n) is 3.24. The number of carbonyl (C=O) groups is 1. The number of esters is 1. The third kappa shape index (κ3) is 2.31. The smallest absolute Gasteiger partial charge is 0.312 e. The summed E-state index contributed by atoms with van der Waals surface area (Å²) in [4.78, 5) is 17.9. The van der Waals surface area contributed by atoms with Crippen LogP contribution in [0.25, 0.3) is 10.6 Å². The van der Waals surface area contributed by atoms with Crippen LogP contribution in [0.5, 0.6) is 0 Å². The van der Waals surface area contributed by atoms with E-state index in [9.17, 15) is 4.79 Å². The standard InChI is InChI=1S/C11H11NO2S2/c1-7-11(8-4-3-5-15-8)12-9(16-7)6-10(13)14-2/h3-5H,6H2,1-2H3. The van der Waals surface area contributed by atoms with Gasteiger partial charge in [-0.25, -0.2) is 4.98 Å². The van der Waals surface area contributed by atoms with E-state index in [0.29, 0.717) is 0 Å². The molecule has 0 spiro atoms. The summed E-state index contributed by atoms with van der Waals surface area (Å²) in [5.74, 6) is -0.244. The van der Waals surface area contributed by atoms with Gasteiger partial charge in [-0.15, -0.1) is 22.7 Å². The summed E-state index contributed by atoms with van der Waals surface area (Å²) in [5.41, 5.74) is 0.985. The van der Waals surface area contributed by atoms with Crippen molar-refractivity contribution in [3.63, 3.8) is 0 Å². The van der Waals surface area contributed by atoms with E-state index in [1.54, 1.807) is 22.7 Å². The first kappa shape index (κ1) is 11.3. The molecule has 0 aromatic carbocycles. The van der Waals surface area contributed by atoms with Crippen LogP contribution in [0.1, 0.15) is 9.88 Å². The predicted molar refractivity (Wildman–Crippen MR) is 65.9 cm³/mol. The highest BCUT2D eigenvalue weighted by Crippen LogP contribution is 2.30. The Hall–Kier alpha value is -1.20. The second kappa shape index (κ2) is 4.76. The van der Waals surface area contributed by atoms with Crippen molar-refractivity contribution in [1.29, 1.82) is 0 Å². The molecule has 0 unspecified atom stereocenters. The van der Waals surface area contributed by atoms with Crippen molar-refractivity contribution in [2.24, 2.45) is 0 Å². The number of nitrogens with zero attached hydrogens (tertiary/aromatic N) is 1. The molecule has 3 nitrogen and oxygen atoms in total. The molecule has 0 aliphatic carbocycles. The number of ether oxygens (including phenoxy) is 1. The molecule has 2 rings (SSSR count). The molecule has 0 N–H and O–H groups in total. The highest BCUT2D eigenvalue weighted by molar-refractivity contribution is 7.15. The van der Waals surface area contributed by atoms with E-state index in [0.717, 1.165) is 20.5 Å². The molecular formula is C11H11NO2S2. The maximum atomic E-state index is 11.1. The summed E-state index contributed by atoms with van der Waals surface area (Å²) in [5, 5.41) is 2.83. The van der Waals surface area contributed by atoms with E-state index >= 15 is 0 Å². The summed E-state index contributed by atoms with van der Waals surface area (Å²) in [6, 6.07) is 4.04. The summed E-state index contributed by atoms with van der Waals surface area (Å²) >= 11 is 3.21. The van der Waals surface area contributed by atoms with Crippen molar-refractivity contribution in [3.8, 4) is 10.6 Å². The van der Waals surface area contributed by atoms with Gasteiger partial charge < -0.3 is 4.74 Å². The summed E-state index contributed by atoms with van der Waals surface area (Å²) < 4.78 is 4.62.